The number of benzene rings is 1. The van der Waals surface area contributed by atoms with Gasteiger partial charge in [0, 0.05) is 13.5 Å². The second kappa shape index (κ2) is 6.81. The molecule has 0 saturated heterocycles. The molecule has 1 aromatic carbocycles. The molecule has 1 heterocycles. The molecule has 2 rings (SSSR count). The Morgan fingerprint density at radius 3 is 2.80 bits per heavy atom. The number of carbonyl (C=O) groups excluding carboxylic acids is 1. The van der Waals surface area contributed by atoms with E-state index in [-0.39, 0.29) is 11.8 Å². The summed E-state index contributed by atoms with van der Waals surface area (Å²) in [5, 5.41) is 7.73. The largest absolute Gasteiger partial charge is 0.461 e. The van der Waals surface area contributed by atoms with Crippen LogP contribution in [0.15, 0.2) is 36.5 Å². The topological polar surface area (TPSA) is 66.2 Å². The van der Waals surface area contributed by atoms with E-state index in [1.165, 1.54) is 4.68 Å². The minimum absolute atomic E-state index is 0.0581. The smallest absolute Gasteiger partial charge is 0.360 e. The van der Waals surface area contributed by atoms with Gasteiger partial charge in [0.2, 0.25) is 0 Å². The Kier molecular flexibility index (Phi) is 4.84. The van der Waals surface area contributed by atoms with E-state index in [0.29, 0.717) is 13.0 Å². The van der Waals surface area contributed by atoms with Crippen molar-refractivity contribution < 1.29 is 14.3 Å². The summed E-state index contributed by atoms with van der Waals surface area (Å²) in [6.45, 7) is 2.21. The second-order valence-corrected chi connectivity index (χ2v) is 4.35. The zero-order valence-electron chi connectivity index (χ0n) is 11.5. The Labute approximate surface area is 117 Å². The average Bonchev–Trinajstić information content (AvgIpc) is 2.97. The van der Waals surface area contributed by atoms with E-state index in [0.717, 1.165) is 5.69 Å². The van der Waals surface area contributed by atoms with Crippen LogP contribution < -0.4 is 0 Å². The predicted molar refractivity (Wildman–Crippen MR) is 72.7 cm³/mol. The number of aromatic nitrogens is 3. The van der Waals surface area contributed by atoms with E-state index in [1.807, 2.05) is 37.3 Å². The molecule has 0 fully saturated rings. The molecular weight excluding hydrogens is 258 g/mol. The Hall–Kier alpha value is -2.21. The molecule has 0 radical (unpaired) electrons. The zero-order valence-corrected chi connectivity index (χ0v) is 11.5. The van der Waals surface area contributed by atoms with Crippen LogP contribution in [0, 0.1) is 0 Å². The third kappa shape index (κ3) is 3.64. The van der Waals surface area contributed by atoms with Crippen molar-refractivity contribution >= 4 is 5.97 Å². The van der Waals surface area contributed by atoms with Gasteiger partial charge >= 0.3 is 5.97 Å². The molecule has 0 amide bonds. The number of methoxy groups -OCH3 is 1. The van der Waals surface area contributed by atoms with Gasteiger partial charge in [0.05, 0.1) is 24.6 Å². The fraction of sp³-hybridized carbons (Fsp3) is 0.357. The molecule has 6 heteroatoms. The molecule has 0 aliphatic carbocycles. The standard InChI is InChI=1S/C14H17N3O3/c1-11(19-2)8-9-20-14(18)13-10-17(16-15-13)12-6-4-3-5-7-12/h3-7,10-11H,8-9H2,1-2H3/t11-/m1/s1. The molecule has 0 N–H and O–H groups in total. The molecule has 0 aliphatic heterocycles. The van der Waals surface area contributed by atoms with Gasteiger partial charge in [-0.25, -0.2) is 9.48 Å². The van der Waals surface area contributed by atoms with Gasteiger partial charge in [-0.15, -0.1) is 5.10 Å². The number of hydrogen-bond acceptors (Lipinski definition) is 5. The van der Waals surface area contributed by atoms with Crippen LogP contribution in [0.3, 0.4) is 0 Å². The maximum absolute atomic E-state index is 11.8. The molecule has 0 aliphatic rings. The van der Waals surface area contributed by atoms with Crippen LogP contribution in [-0.2, 0) is 9.47 Å². The lowest BCUT2D eigenvalue weighted by atomic mass is 10.3. The summed E-state index contributed by atoms with van der Waals surface area (Å²) in [5.74, 6) is -0.476. The van der Waals surface area contributed by atoms with Crippen molar-refractivity contribution in [2.45, 2.75) is 19.4 Å². The van der Waals surface area contributed by atoms with Crippen LogP contribution in [0.5, 0.6) is 0 Å². The first-order chi connectivity index (χ1) is 9.70. The van der Waals surface area contributed by atoms with Crippen molar-refractivity contribution in [2.24, 2.45) is 0 Å². The molecular formula is C14H17N3O3. The van der Waals surface area contributed by atoms with Crippen molar-refractivity contribution in [2.75, 3.05) is 13.7 Å². The van der Waals surface area contributed by atoms with Gasteiger partial charge in [-0.1, -0.05) is 23.4 Å². The molecule has 1 atom stereocenters. The fourth-order valence-corrected chi connectivity index (χ4v) is 1.57. The highest BCUT2D eigenvalue weighted by atomic mass is 16.5. The molecule has 0 unspecified atom stereocenters. The summed E-state index contributed by atoms with van der Waals surface area (Å²) >= 11 is 0. The Morgan fingerprint density at radius 1 is 1.35 bits per heavy atom. The van der Waals surface area contributed by atoms with E-state index in [2.05, 4.69) is 10.3 Å². The predicted octanol–water partition coefficient (Wildman–Crippen LogP) is 1.85. The molecule has 2 aromatic rings. The van der Waals surface area contributed by atoms with Crippen LogP contribution in [0.2, 0.25) is 0 Å². The van der Waals surface area contributed by atoms with Gasteiger partial charge in [0.15, 0.2) is 5.69 Å². The average molecular weight is 275 g/mol. The number of ether oxygens (including phenoxy) is 2. The summed E-state index contributed by atoms with van der Waals surface area (Å²) in [4.78, 5) is 11.8. The van der Waals surface area contributed by atoms with Crippen molar-refractivity contribution in [3.05, 3.63) is 42.2 Å². The summed E-state index contributed by atoms with van der Waals surface area (Å²) in [6.07, 6.45) is 2.26. The molecule has 0 saturated carbocycles. The lowest BCUT2D eigenvalue weighted by Gasteiger charge is -2.08. The highest BCUT2D eigenvalue weighted by Crippen LogP contribution is 2.07. The molecule has 0 bridgehead atoms. The van der Waals surface area contributed by atoms with E-state index >= 15 is 0 Å². The zero-order chi connectivity index (χ0) is 14.4. The number of esters is 1. The Bertz CT molecular complexity index is 554. The van der Waals surface area contributed by atoms with Gasteiger partial charge in [-0.05, 0) is 19.1 Å². The maximum Gasteiger partial charge on any atom is 0.360 e. The first kappa shape index (κ1) is 14.2. The first-order valence-corrected chi connectivity index (χ1v) is 6.38. The van der Waals surface area contributed by atoms with E-state index in [9.17, 15) is 4.79 Å². The SMILES string of the molecule is CO[C@H](C)CCOC(=O)c1cn(-c2ccccc2)nn1. The van der Waals surface area contributed by atoms with Crippen molar-refractivity contribution in [1.29, 1.82) is 0 Å². The number of hydrogen-bond donors (Lipinski definition) is 0. The van der Waals surface area contributed by atoms with Crippen LogP contribution in [0.25, 0.3) is 5.69 Å². The van der Waals surface area contributed by atoms with Gasteiger partial charge in [-0.3, -0.25) is 0 Å². The quantitative estimate of drug-likeness (QED) is 0.753. The molecule has 20 heavy (non-hydrogen) atoms. The lowest BCUT2D eigenvalue weighted by molar-refractivity contribution is 0.0385. The van der Waals surface area contributed by atoms with Crippen LogP contribution in [0.1, 0.15) is 23.8 Å². The van der Waals surface area contributed by atoms with Crippen LogP contribution in [0.4, 0.5) is 0 Å². The van der Waals surface area contributed by atoms with Crippen molar-refractivity contribution in [1.82, 2.24) is 15.0 Å². The van der Waals surface area contributed by atoms with E-state index in [4.69, 9.17) is 9.47 Å². The van der Waals surface area contributed by atoms with Crippen molar-refractivity contribution in [3.8, 4) is 5.69 Å². The van der Waals surface area contributed by atoms with Gasteiger partial charge in [0.1, 0.15) is 0 Å². The third-order valence-electron chi connectivity index (χ3n) is 2.88. The molecule has 1 aromatic heterocycles. The minimum Gasteiger partial charge on any atom is -0.461 e. The summed E-state index contributed by atoms with van der Waals surface area (Å²) < 4.78 is 11.7. The van der Waals surface area contributed by atoms with Crippen LogP contribution in [-0.4, -0.2) is 40.8 Å². The number of nitrogens with zero attached hydrogens (tertiary/aromatic N) is 3. The normalized spacial score (nSPS) is 12.1. The monoisotopic (exact) mass is 275 g/mol. The minimum atomic E-state index is -0.476. The van der Waals surface area contributed by atoms with E-state index < -0.39 is 5.97 Å². The number of rotatable bonds is 6. The van der Waals surface area contributed by atoms with Crippen LogP contribution >= 0.6 is 0 Å². The van der Waals surface area contributed by atoms with E-state index in [1.54, 1.807) is 13.3 Å². The number of carbonyl (C=O) groups is 1. The van der Waals surface area contributed by atoms with Gasteiger partial charge in [0.25, 0.3) is 0 Å². The lowest BCUT2D eigenvalue weighted by Crippen LogP contribution is -2.13. The summed E-state index contributed by atoms with van der Waals surface area (Å²) in [6, 6.07) is 9.45. The van der Waals surface area contributed by atoms with Gasteiger partial charge < -0.3 is 9.47 Å². The number of para-hydroxylation sites is 1. The highest BCUT2D eigenvalue weighted by Gasteiger charge is 2.13. The Morgan fingerprint density at radius 2 is 2.10 bits per heavy atom. The molecule has 0 spiro atoms. The first-order valence-electron chi connectivity index (χ1n) is 6.38. The molecule has 106 valence electrons. The second-order valence-electron chi connectivity index (χ2n) is 4.35. The molecule has 6 nitrogen and oxygen atoms in total. The summed E-state index contributed by atoms with van der Waals surface area (Å²) in [7, 11) is 1.62. The van der Waals surface area contributed by atoms with Gasteiger partial charge in [-0.2, -0.15) is 0 Å². The maximum atomic E-state index is 11.8. The fourth-order valence-electron chi connectivity index (χ4n) is 1.57. The van der Waals surface area contributed by atoms with Crippen molar-refractivity contribution in [3.63, 3.8) is 0 Å². The summed E-state index contributed by atoms with van der Waals surface area (Å²) in [5.41, 5.74) is 1.03. The highest BCUT2D eigenvalue weighted by molar-refractivity contribution is 5.86. The Balaban J connectivity index is 1.93. The third-order valence-corrected chi connectivity index (χ3v) is 2.88.